The van der Waals surface area contributed by atoms with E-state index in [-0.39, 0.29) is 5.82 Å². The SMILES string of the molecule is Fc1cccc(CC(CCl)CCC2CCCO2)c1. The molecule has 2 rings (SSSR count). The maximum atomic E-state index is 13.1. The number of hydrogen-bond acceptors (Lipinski definition) is 1. The molecule has 0 spiro atoms. The molecule has 0 radical (unpaired) electrons. The minimum atomic E-state index is -0.167. The fourth-order valence-electron chi connectivity index (χ4n) is 2.52. The first-order valence-electron chi connectivity index (χ1n) is 6.70. The molecule has 1 heterocycles. The highest BCUT2D eigenvalue weighted by Crippen LogP contribution is 2.22. The van der Waals surface area contributed by atoms with Crippen LogP contribution in [-0.2, 0) is 11.2 Å². The van der Waals surface area contributed by atoms with Gasteiger partial charge in [0.1, 0.15) is 5.82 Å². The molecule has 1 fully saturated rings. The summed E-state index contributed by atoms with van der Waals surface area (Å²) in [5.41, 5.74) is 1.04. The Kier molecular flexibility index (Phi) is 5.45. The van der Waals surface area contributed by atoms with E-state index >= 15 is 0 Å². The molecule has 2 atom stereocenters. The molecule has 0 aliphatic carbocycles. The van der Waals surface area contributed by atoms with E-state index in [0.717, 1.165) is 31.4 Å². The van der Waals surface area contributed by atoms with Crippen molar-refractivity contribution in [1.29, 1.82) is 0 Å². The molecule has 1 saturated heterocycles. The van der Waals surface area contributed by atoms with Crippen molar-refractivity contribution in [2.24, 2.45) is 5.92 Å². The number of rotatable bonds is 6. The van der Waals surface area contributed by atoms with Gasteiger partial charge in [-0.15, -0.1) is 11.6 Å². The van der Waals surface area contributed by atoms with Crippen LogP contribution in [-0.4, -0.2) is 18.6 Å². The predicted molar refractivity (Wildman–Crippen MR) is 72.5 cm³/mol. The average molecular weight is 271 g/mol. The molecule has 0 amide bonds. The van der Waals surface area contributed by atoms with Gasteiger partial charge in [0.05, 0.1) is 6.10 Å². The maximum Gasteiger partial charge on any atom is 0.123 e. The number of ether oxygens (including phenoxy) is 1. The summed E-state index contributed by atoms with van der Waals surface area (Å²) >= 11 is 6.01. The Morgan fingerprint density at radius 2 is 2.33 bits per heavy atom. The number of hydrogen-bond donors (Lipinski definition) is 0. The van der Waals surface area contributed by atoms with E-state index < -0.39 is 0 Å². The van der Waals surface area contributed by atoms with E-state index in [0.29, 0.717) is 17.9 Å². The van der Waals surface area contributed by atoms with Crippen LogP contribution in [0, 0.1) is 11.7 Å². The summed E-state index contributed by atoms with van der Waals surface area (Å²) in [6.45, 7) is 0.903. The highest BCUT2D eigenvalue weighted by molar-refractivity contribution is 6.18. The standard InChI is InChI=1S/C15H20ClFO/c16-11-13(6-7-15-5-2-8-18-15)9-12-3-1-4-14(17)10-12/h1,3-4,10,13,15H,2,5-9,11H2. The quantitative estimate of drug-likeness (QED) is 0.705. The monoisotopic (exact) mass is 270 g/mol. The molecule has 0 aromatic heterocycles. The third-order valence-corrected chi connectivity index (χ3v) is 3.99. The van der Waals surface area contributed by atoms with Crippen LogP contribution in [0.2, 0.25) is 0 Å². The summed E-state index contributed by atoms with van der Waals surface area (Å²) in [7, 11) is 0. The second-order valence-electron chi connectivity index (χ2n) is 5.07. The fraction of sp³-hybridized carbons (Fsp3) is 0.600. The van der Waals surface area contributed by atoms with E-state index in [9.17, 15) is 4.39 Å². The van der Waals surface area contributed by atoms with Crippen molar-refractivity contribution < 1.29 is 9.13 Å². The Balaban J connectivity index is 1.81. The molecule has 0 N–H and O–H groups in total. The number of halogens is 2. The molecule has 18 heavy (non-hydrogen) atoms. The van der Waals surface area contributed by atoms with Crippen LogP contribution in [0.15, 0.2) is 24.3 Å². The van der Waals surface area contributed by atoms with Crippen molar-refractivity contribution >= 4 is 11.6 Å². The van der Waals surface area contributed by atoms with Crippen LogP contribution >= 0.6 is 11.6 Å². The summed E-state index contributed by atoms with van der Waals surface area (Å²) in [6.07, 6.45) is 5.77. The summed E-state index contributed by atoms with van der Waals surface area (Å²) in [5, 5.41) is 0. The van der Waals surface area contributed by atoms with Crippen molar-refractivity contribution in [2.75, 3.05) is 12.5 Å². The van der Waals surface area contributed by atoms with Gasteiger partial charge in [0.15, 0.2) is 0 Å². The van der Waals surface area contributed by atoms with Crippen LogP contribution in [0.1, 0.15) is 31.2 Å². The predicted octanol–water partition coefficient (Wildman–Crippen LogP) is 4.18. The lowest BCUT2D eigenvalue weighted by Crippen LogP contribution is -2.12. The van der Waals surface area contributed by atoms with E-state index in [1.165, 1.54) is 18.9 Å². The van der Waals surface area contributed by atoms with Crippen LogP contribution in [0.5, 0.6) is 0 Å². The van der Waals surface area contributed by atoms with E-state index in [1.54, 1.807) is 12.1 Å². The first kappa shape index (κ1) is 13.8. The van der Waals surface area contributed by atoms with Gasteiger partial charge in [0.25, 0.3) is 0 Å². The summed E-state index contributed by atoms with van der Waals surface area (Å²) in [6, 6.07) is 6.81. The van der Waals surface area contributed by atoms with E-state index in [4.69, 9.17) is 16.3 Å². The normalized spacial score (nSPS) is 21.1. The fourth-order valence-corrected chi connectivity index (χ4v) is 2.79. The molecule has 3 heteroatoms. The van der Waals surface area contributed by atoms with Gasteiger partial charge in [-0.05, 0) is 55.7 Å². The smallest absolute Gasteiger partial charge is 0.123 e. The second-order valence-corrected chi connectivity index (χ2v) is 5.38. The molecule has 0 saturated carbocycles. The minimum absolute atomic E-state index is 0.167. The summed E-state index contributed by atoms with van der Waals surface area (Å²) < 4.78 is 18.7. The van der Waals surface area contributed by atoms with Gasteiger partial charge >= 0.3 is 0 Å². The Morgan fingerprint density at radius 1 is 1.44 bits per heavy atom. The van der Waals surface area contributed by atoms with Crippen LogP contribution in [0.3, 0.4) is 0 Å². The Morgan fingerprint density at radius 3 is 3.00 bits per heavy atom. The van der Waals surface area contributed by atoms with Gasteiger partial charge in [-0.25, -0.2) is 4.39 Å². The first-order chi connectivity index (χ1) is 8.78. The molecule has 2 unspecified atom stereocenters. The summed E-state index contributed by atoms with van der Waals surface area (Å²) in [4.78, 5) is 0. The van der Waals surface area contributed by atoms with Gasteiger partial charge in [0.2, 0.25) is 0 Å². The van der Waals surface area contributed by atoms with Gasteiger partial charge in [-0.3, -0.25) is 0 Å². The molecule has 1 aromatic carbocycles. The van der Waals surface area contributed by atoms with Crippen molar-refractivity contribution in [3.05, 3.63) is 35.6 Å². The Hall–Kier alpha value is -0.600. The van der Waals surface area contributed by atoms with Gasteiger partial charge in [-0.2, -0.15) is 0 Å². The van der Waals surface area contributed by atoms with Crippen LogP contribution in [0.25, 0.3) is 0 Å². The maximum absolute atomic E-state index is 13.1. The van der Waals surface area contributed by atoms with Gasteiger partial charge < -0.3 is 4.74 Å². The minimum Gasteiger partial charge on any atom is -0.378 e. The third kappa shape index (κ3) is 4.25. The zero-order valence-electron chi connectivity index (χ0n) is 10.6. The highest BCUT2D eigenvalue weighted by Gasteiger charge is 2.18. The van der Waals surface area contributed by atoms with Gasteiger partial charge in [0, 0.05) is 12.5 Å². The molecule has 100 valence electrons. The molecule has 1 nitrogen and oxygen atoms in total. The zero-order chi connectivity index (χ0) is 12.8. The molecule has 1 aliphatic rings. The largest absolute Gasteiger partial charge is 0.378 e. The molecule has 1 aliphatic heterocycles. The lowest BCUT2D eigenvalue weighted by Gasteiger charge is -2.16. The average Bonchev–Trinajstić information content (AvgIpc) is 2.87. The van der Waals surface area contributed by atoms with E-state index in [1.807, 2.05) is 6.07 Å². The van der Waals surface area contributed by atoms with Crippen molar-refractivity contribution in [3.63, 3.8) is 0 Å². The lowest BCUT2D eigenvalue weighted by atomic mass is 9.94. The van der Waals surface area contributed by atoms with Crippen molar-refractivity contribution in [2.45, 2.75) is 38.2 Å². The molecular formula is C15H20ClFO. The number of alkyl halides is 1. The first-order valence-corrected chi connectivity index (χ1v) is 7.23. The lowest BCUT2D eigenvalue weighted by molar-refractivity contribution is 0.0988. The molecular weight excluding hydrogens is 251 g/mol. The number of benzene rings is 1. The van der Waals surface area contributed by atoms with Crippen LogP contribution < -0.4 is 0 Å². The zero-order valence-corrected chi connectivity index (χ0v) is 11.3. The third-order valence-electron chi connectivity index (χ3n) is 3.55. The van der Waals surface area contributed by atoms with Crippen molar-refractivity contribution in [1.82, 2.24) is 0 Å². The second kappa shape index (κ2) is 7.10. The molecule has 0 bridgehead atoms. The highest BCUT2D eigenvalue weighted by atomic mass is 35.5. The Labute approximate surface area is 113 Å². The van der Waals surface area contributed by atoms with Crippen LogP contribution in [0.4, 0.5) is 4.39 Å². The topological polar surface area (TPSA) is 9.23 Å². The Bertz CT molecular complexity index is 363. The van der Waals surface area contributed by atoms with E-state index in [2.05, 4.69) is 0 Å². The summed E-state index contributed by atoms with van der Waals surface area (Å²) in [5.74, 6) is 0.876. The van der Waals surface area contributed by atoms with Crippen molar-refractivity contribution in [3.8, 4) is 0 Å². The molecule has 1 aromatic rings. The van der Waals surface area contributed by atoms with Gasteiger partial charge in [-0.1, -0.05) is 12.1 Å².